The average Bonchev–Trinajstić information content (AvgIpc) is 2.35. The van der Waals surface area contributed by atoms with Gasteiger partial charge >= 0.3 is 0 Å². The van der Waals surface area contributed by atoms with Gasteiger partial charge in [0.25, 0.3) is 0 Å². The Morgan fingerprint density at radius 2 is 1.75 bits per heavy atom. The molecule has 1 rings (SSSR count). The summed E-state index contributed by atoms with van der Waals surface area (Å²) in [5, 5.41) is 3.05. The minimum absolute atomic E-state index is 0.528. The smallest absolute Gasteiger partial charge is 0.128 e. The summed E-state index contributed by atoms with van der Waals surface area (Å²) in [5.41, 5.74) is 1.56. The number of likely N-dealkylation sites (N-methyl/N-ethyl adjacent to an activating group) is 1. The van der Waals surface area contributed by atoms with E-state index >= 15 is 0 Å². The van der Waals surface area contributed by atoms with Crippen molar-refractivity contribution in [2.24, 2.45) is 0 Å². The van der Waals surface area contributed by atoms with Crippen LogP contribution in [0.1, 0.15) is 11.1 Å². The van der Waals surface area contributed by atoms with Crippen LogP contribution in [0.25, 0.3) is 0 Å². The number of rotatable bonds is 6. The average molecular weight is 227 g/mol. The molecule has 3 nitrogen and oxygen atoms in total. The number of methoxy groups -OCH3 is 2. The van der Waals surface area contributed by atoms with Gasteiger partial charge in [0.2, 0.25) is 0 Å². The zero-order valence-corrected chi connectivity index (χ0v) is 9.97. The van der Waals surface area contributed by atoms with Gasteiger partial charge in [0, 0.05) is 11.6 Å². The Morgan fingerprint density at radius 3 is 2.25 bits per heavy atom. The van der Waals surface area contributed by atoms with E-state index in [-0.39, 0.29) is 0 Å². The first-order valence-corrected chi connectivity index (χ1v) is 5.21. The minimum Gasteiger partial charge on any atom is -0.496 e. The van der Waals surface area contributed by atoms with Gasteiger partial charge in [-0.25, -0.2) is 4.39 Å². The second-order valence-corrected chi connectivity index (χ2v) is 3.46. The molecule has 1 aromatic rings. The Hall–Kier alpha value is -1.29. The van der Waals surface area contributed by atoms with E-state index in [0.717, 1.165) is 24.3 Å². The Morgan fingerprint density at radius 1 is 1.12 bits per heavy atom. The number of benzene rings is 1. The maximum Gasteiger partial charge on any atom is 0.128 e. The summed E-state index contributed by atoms with van der Waals surface area (Å²) in [6.07, 6.45) is 0.802. The third kappa shape index (κ3) is 2.85. The second-order valence-electron chi connectivity index (χ2n) is 3.46. The lowest BCUT2D eigenvalue weighted by molar-refractivity contribution is 0.378. The topological polar surface area (TPSA) is 30.5 Å². The lowest BCUT2D eigenvalue weighted by atomic mass is 10.1. The molecular weight excluding hydrogens is 209 g/mol. The van der Waals surface area contributed by atoms with E-state index in [1.807, 2.05) is 7.05 Å². The van der Waals surface area contributed by atoms with Crippen molar-refractivity contribution in [1.29, 1.82) is 0 Å². The summed E-state index contributed by atoms with van der Waals surface area (Å²) in [6.45, 7) is 0.300. The highest BCUT2D eigenvalue weighted by Crippen LogP contribution is 2.29. The minimum atomic E-state index is -0.528. The number of nitrogens with one attached hydrogen (secondary N) is 1. The molecule has 0 amide bonds. The van der Waals surface area contributed by atoms with Crippen molar-refractivity contribution in [3.05, 3.63) is 23.3 Å². The van der Waals surface area contributed by atoms with E-state index in [1.165, 1.54) is 7.11 Å². The molecule has 0 heterocycles. The molecule has 0 spiro atoms. The molecule has 0 unspecified atom stereocenters. The monoisotopic (exact) mass is 227 g/mol. The number of halogens is 1. The molecule has 0 fully saturated rings. The summed E-state index contributed by atoms with van der Waals surface area (Å²) in [5.74, 6) is 1.27. The summed E-state index contributed by atoms with van der Waals surface area (Å²) in [7, 11) is 5.01. The van der Waals surface area contributed by atoms with Gasteiger partial charge in [-0.15, -0.1) is 0 Å². The number of hydrogen-bond acceptors (Lipinski definition) is 3. The number of alkyl halides is 1. The first-order chi connectivity index (χ1) is 7.76. The van der Waals surface area contributed by atoms with Crippen LogP contribution in [-0.2, 0) is 13.1 Å². The number of ether oxygens (including phenoxy) is 2. The summed E-state index contributed by atoms with van der Waals surface area (Å²) in [6, 6.07) is 3.54. The largest absolute Gasteiger partial charge is 0.496 e. The van der Waals surface area contributed by atoms with Gasteiger partial charge in [0.1, 0.15) is 18.2 Å². The Kier molecular flexibility index (Phi) is 5.05. The normalized spacial score (nSPS) is 10.2. The molecule has 0 aromatic heterocycles. The first kappa shape index (κ1) is 12.8. The fraction of sp³-hybridized carbons (Fsp3) is 0.500. The highest BCUT2D eigenvalue weighted by molar-refractivity contribution is 5.46. The van der Waals surface area contributed by atoms with Crippen molar-refractivity contribution in [3.63, 3.8) is 0 Å². The van der Waals surface area contributed by atoms with Crippen LogP contribution in [0.5, 0.6) is 11.5 Å². The van der Waals surface area contributed by atoms with E-state index in [4.69, 9.17) is 9.47 Å². The highest BCUT2D eigenvalue weighted by atomic mass is 19.1. The van der Waals surface area contributed by atoms with Crippen molar-refractivity contribution in [2.75, 3.05) is 27.8 Å². The standard InChI is InChI=1S/C12H18FNO2/c1-14-5-4-9-6-10(8-13)12(16-3)7-11(9)15-2/h6-7,14H,4-5,8H2,1-3H3. The van der Waals surface area contributed by atoms with Gasteiger partial charge in [-0.2, -0.15) is 0 Å². The van der Waals surface area contributed by atoms with Crippen LogP contribution in [0.2, 0.25) is 0 Å². The predicted molar refractivity (Wildman–Crippen MR) is 62.0 cm³/mol. The molecule has 4 heteroatoms. The molecule has 0 saturated carbocycles. The molecule has 90 valence electrons. The van der Waals surface area contributed by atoms with Crippen LogP contribution in [0.4, 0.5) is 4.39 Å². The molecule has 0 radical (unpaired) electrons. The van der Waals surface area contributed by atoms with Gasteiger partial charge in [-0.1, -0.05) is 0 Å². The molecule has 0 aliphatic rings. The van der Waals surface area contributed by atoms with Crippen LogP contribution in [0.15, 0.2) is 12.1 Å². The van der Waals surface area contributed by atoms with E-state index in [9.17, 15) is 4.39 Å². The fourth-order valence-electron chi connectivity index (χ4n) is 1.60. The van der Waals surface area contributed by atoms with Gasteiger partial charge in [-0.3, -0.25) is 0 Å². The summed E-state index contributed by atoms with van der Waals surface area (Å²) in [4.78, 5) is 0. The van der Waals surface area contributed by atoms with Gasteiger partial charge in [0.15, 0.2) is 0 Å². The van der Waals surface area contributed by atoms with E-state index in [0.29, 0.717) is 11.3 Å². The number of hydrogen-bond donors (Lipinski definition) is 1. The van der Waals surface area contributed by atoms with Crippen molar-refractivity contribution >= 4 is 0 Å². The third-order valence-electron chi connectivity index (χ3n) is 2.47. The maximum atomic E-state index is 12.8. The van der Waals surface area contributed by atoms with Crippen molar-refractivity contribution in [3.8, 4) is 11.5 Å². The Labute approximate surface area is 95.6 Å². The fourth-order valence-corrected chi connectivity index (χ4v) is 1.60. The zero-order chi connectivity index (χ0) is 12.0. The Balaban J connectivity index is 3.05. The molecule has 16 heavy (non-hydrogen) atoms. The molecule has 0 aliphatic carbocycles. The van der Waals surface area contributed by atoms with Crippen LogP contribution >= 0.6 is 0 Å². The molecule has 1 N–H and O–H groups in total. The van der Waals surface area contributed by atoms with Crippen LogP contribution in [-0.4, -0.2) is 27.8 Å². The van der Waals surface area contributed by atoms with Crippen molar-refractivity contribution < 1.29 is 13.9 Å². The van der Waals surface area contributed by atoms with Crippen molar-refractivity contribution in [2.45, 2.75) is 13.1 Å². The SMILES string of the molecule is CNCCc1cc(CF)c(OC)cc1OC. The van der Waals surface area contributed by atoms with E-state index in [2.05, 4.69) is 5.32 Å². The van der Waals surface area contributed by atoms with Crippen LogP contribution in [0.3, 0.4) is 0 Å². The van der Waals surface area contributed by atoms with Gasteiger partial charge < -0.3 is 14.8 Å². The maximum absolute atomic E-state index is 12.8. The third-order valence-corrected chi connectivity index (χ3v) is 2.47. The predicted octanol–water partition coefficient (Wildman–Crippen LogP) is 1.94. The quantitative estimate of drug-likeness (QED) is 0.805. The lowest BCUT2D eigenvalue weighted by Gasteiger charge is -2.13. The second kappa shape index (κ2) is 6.33. The van der Waals surface area contributed by atoms with Crippen LogP contribution < -0.4 is 14.8 Å². The molecule has 0 atom stereocenters. The summed E-state index contributed by atoms with van der Waals surface area (Å²) < 4.78 is 23.1. The first-order valence-electron chi connectivity index (χ1n) is 5.21. The van der Waals surface area contributed by atoms with Crippen LogP contribution in [0, 0.1) is 0 Å². The molecule has 0 saturated heterocycles. The van der Waals surface area contributed by atoms with E-state index < -0.39 is 6.67 Å². The lowest BCUT2D eigenvalue weighted by Crippen LogP contribution is -2.11. The summed E-state index contributed by atoms with van der Waals surface area (Å²) >= 11 is 0. The van der Waals surface area contributed by atoms with Crippen molar-refractivity contribution in [1.82, 2.24) is 5.32 Å². The molecule has 0 aliphatic heterocycles. The molecular formula is C12H18FNO2. The molecule has 1 aromatic carbocycles. The Bertz CT molecular complexity index is 342. The molecule has 0 bridgehead atoms. The van der Waals surface area contributed by atoms with E-state index in [1.54, 1.807) is 19.2 Å². The highest BCUT2D eigenvalue weighted by Gasteiger charge is 2.10. The van der Waals surface area contributed by atoms with Gasteiger partial charge in [0.05, 0.1) is 14.2 Å². The zero-order valence-electron chi connectivity index (χ0n) is 9.97. The van der Waals surface area contributed by atoms with Gasteiger partial charge in [-0.05, 0) is 31.6 Å².